The van der Waals surface area contributed by atoms with Gasteiger partial charge in [0, 0.05) is 55.4 Å². The van der Waals surface area contributed by atoms with E-state index in [9.17, 15) is 9.18 Å². The predicted molar refractivity (Wildman–Crippen MR) is 131 cm³/mol. The third-order valence-corrected chi connectivity index (χ3v) is 6.58. The summed E-state index contributed by atoms with van der Waals surface area (Å²) >= 11 is 0. The van der Waals surface area contributed by atoms with Crippen LogP contribution in [-0.4, -0.2) is 68.5 Å². The minimum absolute atomic E-state index is 0.0103. The average Bonchev–Trinajstić information content (AvgIpc) is 3.41. The lowest BCUT2D eigenvalue weighted by Crippen LogP contribution is -2.40. The average molecular weight is 480 g/mol. The second kappa shape index (κ2) is 10.6. The van der Waals surface area contributed by atoms with Gasteiger partial charge in [0.15, 0.2) is 0 Å². The molecule has 1 amide bonds. The molecule has 0 aliphatic carbocycles. The van der Waals surface area contributed by atoms with Crippen molar-refractivity contribution in [1.29, 1.82) is 0 Å². The molecule has 0 spiro atoms. The summed E-state index contributed by atoms with van der Waals surface area (Å²) in [5.74, 6) is 1.08. The molecule has 8 heteroatoms. The van der Waals surface area contributed by atoms with Crippen LogP contribution >= 0.6 is 0 Å². The number of ether oxygens (including phenoxy) is 3. The maximum Gasteiger partial charge on any atom is 0.254 e. The minimum atomic E-state index is -0.365. The van der Waals surface area contributed by atoms with Crippen molar-refractivity contribution < 1.29 is 23.4 Å². The molecule has 35 heavy (non-hydrogen) atoms. The smallest absolute Gasteiger partial charge is 0.254 e. The van der Waals surface area contributed by atoms with Gasteiger partial charge in [0.1, 0.15) is 17.4 Å². The largest absolute Gasteiger partial charge is 0.497 e. The Balaban J connectivity index is 1.52. The van der Waals surface area contributed by atoms with E-state index in [2.05, 4.69) is 11.0 Å². The fraction of sp³-hybridized carbons (Fsp3) is 0.407. The van der Waals surface area contributed by atoms with E-state index in [1.54, 1.807) is 12.0 Å². The van der Waals surface area contributed by atoms with Crippen LogP contribution in [0.4, 0.5) is 10.2 Å². The number of morpholine rings is 1. The topological polar surface area (TPSA) is 64.1 Å². The molecule has 2 saturated heterocycles. The lowest BCUT2D eigenvalue weighted by molar-refractivity contribution is 0.0507. The molecule has 0 N–H and O–H groups in total. The van der Waals surface area contributed by atoms with Crippen molar-refractivity contribution in [3.05, 3.63) is 65.5 Å². The molecule has 5 rings (SSSR count). The third kappa shape index (κ3) is 5.39. The van der Waals surface area contributed by atoms with Gasteiger partial charge in [-0.05, 0) is 55.3 Å². The Morgan fingerprint density at radius 3 is 2.66 bits per heavy atom. The number of halogens is 1. The summed E-state index contributed by atoms with van der Waals surface area (Å²) in [5, 5.41) is 0.976. The highest BCUT2D eigenvalue weighted by Crippen LogP contribution is 2.29. The summed E-state index contributed by atoms with van der Waals surface area (Å²) in [5.41, 5.74) is 2.25. The Morgan fingerprint density at radius 1 is 1.14 bits per heavy atom. The summed E-state index contributed by atoms with van der Waals surface area (Å²) in [6.45, 7) is 4.27. The number of aromatic nitrogens is 1. The second-order valence-corrected chi connectivity index (χ2v) is 8.96. The molecule has 184 valence electrons. The van der Waals surface area contributed by atoms with Crippen molar-refractivity contribution in [3.63, 3.8) is 0 Å². The fourth-order valence-electron chi connectivity index (χ4n) is 4.71. The fourth-order valence-corrected chi connectivity index (χ4v) is 4.71. The first-order valence-corrected chi connectivity index (χ1v) is 12.1. The highest BCUT2D eigenvalue weighted by Gasteiger charge is 2.26. The predicted octanol–water partition coefficient (Wildman–Crippen LogP) is 4.04. The van der Waals surface area contributed by atoms with E-state index >= 15 is 0 Å². The lowest BCUT2D eigenvalue weighted by atomic mass is 10.1. The van der Waals surface area contributed by atoms with Crippen LogP contribution in [0.15, 0.2) is 48.5 Å². The van der Waals surface area contributed by atoms with Crippen LogP contribution in [0.25, 0.3) is 10.9 Å². The molecular weight excluding hydrogens is 449 g/mol. The number of benzene rings is 2. The van der Waals surface area contributed by atoms with Crippen LogP contribution in [0.2, 0.25) is 0 Å². The summed E-state index contributed by atoms with van der Waals surface area (Å²) in [7, 11) is 1.64. The van der Waals surface area contributed by atoms with Crippen LogP contribution < -0.4 is 9.64 Å². The second-order valence-electron chi connectivity index (χ2n) is 8.96. The first-order valence-electron chi connectivity index (χ1n) is 12.1. The van der Waals surface area contributed by atoms with E-state index in [1.807, 2.05) is 18.2 Å². The molecule has 0 radical (unpaired) electrons. The van der Waals surface area contributed by atoms with E-state index in [4.69, 9.17) is 19.2 Å². The Labute approximate surface area is 204 Å². The number of methoxy groups -OCH3 is 1. The molecular formula is C27H30FN3O4. The van der Waals surface area contributed by atoms with Gasteiger partial charge in [-0.1, -0.05) is 0 Å². The maximum absolute atomic E-state index is 13.6. The zero-order valence-corrected chi connectivity index (χ0v) is 19.9. The third-order valence-electron chi connectivity index (χ3n) is 6.58. The van der Waals surface area contributed by atoms with E-state index in [-0.39, 0.29) is 17.8 Å². The van der Waals surface area contributed by atoms with Gasteiger partial charge < -0.3 is 24.0 Å². The number of nitrogens with zero attached hydrogens (tertiary/aromatic N) is 3. The van der Waals surface area contributed by atoms with Crippen molar-refractivity contribution in [2.24, 2.45) is 0 Å². The van der Waals surface area contributed by atoms with Gasteiger partial charge in [-0.15, -0.1) is 0 Å². The summed E-state index contributed by atoms with van der Waals surface area (Å²) < 4.78 is 30.3. The monoisotopic (exact) mass is 479 g/mol. The molecule has 0 bridgehead atoms. The molecule has 0 saturated carbocycles. The van der Waals surface area contributed by atoms with Crippen molar-refractivity contribution in [2.75, 3.05) is 51.5 Å². The number of rotatable bonds is 7. The Hall–Kier alpha value is -3.23. The van der Waals surface area contributed by atoms with Crippen molar-refractivity contribution in [3.8, 4) is 5.75 Å². The molecule has 1 aromatic heterocycles. The zero-order valence-electron chi connectivity index (χ0n) is 19.9. The number of carbonyl (C=O) groups excluding carboxylic acids is 1. The number of fused-ring (bicyclic) bond motifs is 1. The van der Waals surface area contributed by atoms with Crippen molar-refractivity contribution in [2.45, 2.75) is 25.5 Å². The van der Waals surface area contributed by atoms with Crippen LogP contribution in [0.5, 0.6) is 5.75 Å². The van der Waals surface area contributed by atoms with Crippen molar-refractivity contribution in [1.82, 2.24) is 9.88 Å². The van der Waals surface area contributed by atoms with Crippen LogP contribution in [0.1, 0.15) is 28.8 Å². The standard InChI is InChI=1S/C27H30FN3O4/c1-33-23-9-6-20-15-21(26(29-25(20)16-23)30-10-13-34-14-11-30)17-31(18-24-3-2-12-35-24)27(32)19-4-7-22(28)8-5-19/h4-9,15-16,24H,2-3,10-14,17-18H2,1H3/t24-/m0/s1. The number of pyridine rings is 1. The van der Waals surface area contributed by atoms with Gasteiger partial charge >= 0.3 is 0 Å². The van der Waals surface area contributed by atoms with Gasteiger partial charge in [0.05, 0.1) is 31.9 Å². The molecule has 2 aliphatic heterocycles. The first kappa shape index (κ1) is 23.5. The maximum atomic E-state index is 13.6. The van der Waals surface area contributed by atoms with Crippen LogP contribution in [-0.2, 0) is 16.0 Å². The highest BCUT2D eigenvalue weighted by molar-refractivity contribution is 5.94. The zero-order chi connectivity index (χ0) is 24.2. The number of amides is 1. The van der Waals surface area contributed by atoms with Gasteiger partial charge in [-0.2, -0.15) is 0 Å². The molecule has 2 fully saturated rings. The van der Waals surface area contributed by atoms with E-state index in [1.165, 1.54) is 24.3 Å². The number of anilines is 1. The molecule has 1 atom stereocenters. The Kier molecular flexibility index (Phi) is 7.11. The summed E-state index contributed by atoms with van der Waals surface area (Å²) in [4.78, 5) is 22.6. The Bertz CT molecular complexity index is 1180. The normalized spacial score (nSPS) is 18.1. The molecule has 3 heterocycles. The van der Waals surface area contributed by atoms with Gasteiger partial charge in [-0.3, -0.25) is 4.79 Å². The highest BCUT2D eigenvalue weighted by atomic mass is 19.1. The van der Waals surface area contributed by atoms with Gasteiger partial charge in [0.25, 0.3) is 5.91 Å². The van der Waals surface area contributed by atoms with E-state index in [0.717, 1.165) is 54.0 Å². The minimum Gasteiger partial charge on any atom is -0.497 e. The van der Waals surface area contributed by atoms with Gasteiger partial charge in [-0.25, -0.2) is 9.37 Å². The summed E-state index contributed by atoms with van der Waals surface area (Å²) in [6, 6.07) is 13.6. The summed E-state index contributed by atoms with van der Waals surface area (Å²) in [6.07, 6.45) is 1.89. The van der Waals surface area contributed by atoms with Crippen LogP contribution in [0.3, 0.4) is 0 Å². The van der Waals surface area contributed by atoms with Gasteiger partial charge in [0.2, 0.25) is 0 Å². The molecule has 2 aliphatic rings. The van der Waals surface area contributed by atoms with E-state index in [0.29, 0.717) is 38.5 Å². The molecule has 7 nitrogen and oxygen atoms in total. The number of hydrogen-bond donors (Lipinski definition) is 0. The van der Waals surface area contributed by atoms with Crippen LogP contribution in [0, 0.1) is 5.82 Å². The quantitative estimate of drug-likeness (QED) is 0.510. The lowest BCUT2D eigenvalue weighted by Gasteiger charge is -2.32. The SMILES string of the molecule is COc1ccc2cc(CN(C[C@@H]3CCCO3)C(=O)c3ccc(F)cc3)c(N3CCOCC3)nc2c1. The molecule has 2 aromatic carbocycles. The Morgan fingerprint density at radius 2 is 1.94 bits per heavy atom. The first-order chi connectivity index (χ1) is 17.1. The molecule has 0 unspecified atom stereocenters. The van der Waals surface area contributed by atoms with E-state index < -0.39 is 0 Å². The number of hydrogen-bond acceptors (Lipinski definition) is 6. The molecule has 3 aromatic rings. The number of carbonyl (C=O) groups is 1. The van der Waals surface area contributed by atoms with Crippen molar-refractivity contribution >= 4 is 22.6 Å².